The maximum absolute atomic E-state index is 14.0. The van der Waals surface area contributed by atoms with Crippen molar-refractivity contribution in [3.63, 3.8) is 0 Å². The van der Waals surface area contributed by atoms with E-state index in [0.29, 0.717) is 11.3 Å². The number of nitrogens with one attached hydrogen (secondary N) is 1. The Bertz CT molecular complexity index is 416. The minimum absolute atomic E-state index is 0.0162. The van der Waals surface area contributed by atoms with Crippen molar-refractivity contribution >= 4 is 0 Å². The van der Waals surface area contributed by atoms with E-state index in [0.717, 1.165) is 11.1 Å². The number of aryl methyl sites for hydroxylation is 2. The average molecular weight is 243 g/mol. The van der Waals surface area contributed by atoms with E-state index in [9.17, 15) is 8.78 Å². The molecule has 0 aliphatic rings. The molecule has 0 amide bonds. The summed E-state index contributed by atoms with van der Waals surface area (Å²) in [6, 6.07) is 1.77. The van der Waals surface area contributed by atoms with Crippen LogP contribution in [0.3, 0.4) is 0 Å². The molecule has 1 aromatic carbocycles. The van der Waals surface area contributed by atoms with Gasteiger partial charge in [0, 0.05) is 0 Å². The van der Waals surface area contributed by atoms with Crippen LogP contribution in [0.4, 0.5) is 8.78 Å². The standard InChI is InChI=1S/C13H19F2NO/c1-8-6-9(2)11(12(17-5)10(8)3)13(14,15)7-16-4/h6,16H,7H2,1-5H3. The minimum atomic E-state index is -2.93. The Hall–Kier alpha value is -1.16. The van der Waals surface area contributed by atoms with Crippen molar-refractivity contribution in [3.8, 4) is 5.75 Å². The molecule has 4 heteroatoms. The molecule has 0 spiro atoms. The van der Waals surface area contributed by atoms with E-state index < -0.39 is 12.5 Å². The van der Waals surface area contributed by atoms with Crippen LogP contribution < -0.4 is 10.1 Å². The Labute approximate surface area is 101 Å². The average Bonchev–Trinajstić information content (AvgIpc) is 2.22. The Balaban J connectivity index is 3.46. The predicted octanol–water partition coefficient (Wildman–Crippen LogP) is 2.93. The van der Waals surface area contributed by atoms with Gasteiger partial charge in [-0.05, 0) is 44.5 Å². The number of alkyl halides is 2. The molecule has 0 atom stereocenters. The SMILES string of the molecule is CNCC(F)(F)c1c(C)cc(C)c(C)c1OC. The van der Waals surface area contributed by atoms with E-state index in [-0.39, 0.29) is 5.56 Å². The maximum atomic E-state index is 14.0. The lowest BCUT2D eigenvalue weighted by Gasteiger charge is -2.23. The highest BCUT2D eigenvalue weighted by molar-refractivity contribution is 5.51. The molecule has 0 unspecified atom stereocenters. The van der Waals surface area contributed by atoms with E-state index in [1.807, 2.05) is 6.92 Å². The van der Waals surface area contributed by atoms with Crippen LogP contribution in [0.5, 0.6) is 5.75 Å². The normalized spacial score (nSPS) is 11.7. The van der Waals surface area contributed by atoms with Gasteiger partial charge in [-0.15, -0.1) is 0 Å². The second-order valence-corrected chi connectivity index (χ2v) is 4.28. The molecular formula is C13H19F2NO. The summed E-state index contributed by atoms with van der Waals surface area (Å²) < 4.78 is 33.2. The van der Waals surface area contributed by atoms with Gasteiger partial charge < -0.3 is 10.1 Å². The minimum Gasteiger partial charge on any atom is -0.496 e. The highest BCUT2D eigenvalue weighted by atomic mass is 19.3. The maximum Gasteiger partial charge on any atom is 0.289 e. The quantitative estimate of drug-likeness (QED) is 0.878. The first-order valence-corrected chi connectivity index (χ1v) is 5.52. The van der Waals surface area contributed by atoms with E-state index in [2.05, 4.69) is 5.32 Å². The van der Waals surface area contributed by atoms with Gasteiger partial charge in [0.2, 0.25) is 0 Å². The molecule has 0 aromatic heterocycles. The van der Waals surface area contributed by atoms with Gasteiger partial charge >= 0.3 is 0 Å². The predicted molar refractivity (Wildman–Crippen MR) is 65.0 cm³/mol. The highest BCUT2D eigenvalue weighted by Gasteiger charge is 2.36. The Morgan fingerprint density at radius 1 is 1.24 bits per heavy atom. The van der Waals surface area contributed by atoms with Gasteiger partial charge in [0.1, 0.15) is 5.75 Å². The fourth-order valence-corrected chi connectivity index (χ4v) is 2.07. The fraction of sp³-hybridized carbons (Fsp3) is 0.538. The summed E-state index contributed by atoms with van der Waals surface area (Å²) in [5.41, 5.74) is 2.27. The molecule has 0 bridgehead atoms. The first-order chi connectivity index (χ1) is 7.85. The lowest BCUT2D eigenvalue weighted by Crippen LogP contribution is -2.29. The number of halogens is 2. The second-order valence-electron chi connectivity index (χ2n) is 4.28. The van der Waals surface area contributed by atoms with Crippen molar-refractivity contribution in [2.75, 3.05) is 20.7 Å². The van der Waals surface area contributed by atoms with Crippen molar-refractivity contribution < 1.29 is 13.5 Å². The molecule has 0 heterocycles. The summed E-state index contributed by atoms with van der Waals surface area (Å²) in [6.07, 6.45) is 0. The number of hydrogen-bond donors (Lipinski definition) is 1. The van der Waals surface area contributed by atoms with Gasteiger partial charge in [-0.25, -0.2) is 0 Å². The zero-order valence-corrected chi connectivity index (χ0v) is 10.9. The molecule has 2 nitrogen and oxygen atoms in total. The van der Waals surface area contributed by atoms with Crippen LogP contribution in [-0.4, -0.2) is 20.7 Å². The number of benzene rings is 1. The largest absolute Gasteiger partial charge is 0.496 e. The molecule has 0 radical (unpaired) electrons. The van der Waals surface area contributed by atoms with Crippen LogP contribution >= 0.6 is 0 Å². The summed E-state index contributed by atoms with van der Waals surface area (Å²) in [7, 11) is 2.94. The van der Waals surface area contributed by atoms with Crippen LogP contribution in [0.25, 0.3) is 0 Å². The highest BCUT2D eigenvalue weighted by Crippen LogP contribution is 2.40. The van der Waals surface area contributed by atoms with E-state index in [1.165, 1.54) is 14.2 Å². The number of likely N-dealkylation sites (N-methyl/N-ethyl adjacent to an activating group) is 1. The van der Waals surface area contributed by atoms with Gasteiger partial charge in [0.15, 0.2) is 0 Å². The summed E-state index contributed by atoms with van der Waals surface area (Å²) in [5.74, 6) is -2.63. The van der Waals surface area contributed by atoms with Crippen LogP contribution in [0, 0.1) is 20.8 Å². The van der Waals surface area contributed by atoms with Gasteiger partial charge in [-0.3, -0.25) is 0 Å². The van der Waals surface area contributed by atoms with Crippen molar-refractivity contribution in [1.82, 2.24) is 5.32 Å². The van der Waals surface area contributed by atoms with Gasteiger partial charge in [0.05, 0.1) is 19.2 Å². The molecule has 1 rings (SSSR count). The monoisotopic (exact) mass is 243 g/mol. The van der Waals surface area contributed by atoms with Gasteiger partial charge in [0.25, 0.3) is 5.92 Å². The molecule has 96 valence electrons. The summed E-state index contributed by atoms with van der Waals surface area (Å²) in [4.78, 5) is 0. The van der Waals surface area contributed by atoms with E-state index in [1.54, 1.807) is 19.9 Å². The fourth-order valence-electron chi connectivity index (χ4n) is 2.07. The van der Waals surface area contributed by atoms with Crippen LogP contribution in [-0.2, 0) is 5.92 Å². The molecule has 1 aromatic rings. The zero-order chi connectivity index (χ0) is 13.2. The first kappa shape index (κ1) is 13.9. The molecule has 0 saturated heterocycles. The van der Waals surface area contributed by atoms with Crippen LogP contribution in [0.2, 0.25) is 0 Å². The van der Waals surface area contributed by atoms with Crippen LogP contribution in [0.15, 0.2) is 6.07 Å². The van der Waals surface area contributed by atoms with Gasteiger partial charge in [-0.1, -0.05) is 6.07 Å². The summed E-state index contributed by atoms with van der Waals surface area (Å²) in [6.45, 7) is 4.98. The number of ether oxygens (including phenoxy) is 1. The van der Waals surface area contributed by atoms with Crippen molar-refractivity contribution in [3.05, 3.63) is 28.3 Å². The van der Waals surface area contributed by atoms with Crippen molar-refractivity contribution in [2.24, 2.45) is 0 Å². The Morgan fingerprint density at radius 2 is 1.82 bits per heavy atom. The second kappa shape index (κ2) is 5.00. The first-order valence-electron chi connectivity index (χ1n) is 5.52. The number of rotatable bonds is 4. The van der Waals surface area contributed by atoms with E-state index in [4.69, 9.17) is 4.74 Å². The Morgan fingerprint density at radius 3 is 2.29 bits per heavy atom. The van der Waals surface area contributed by atoms with Crippen molar-refractivity contribution in [2.45, 2.75) is 26.7 Å². The molecule has 1 N–H and O–H groups in total. The lowest BCUT2D eigenvalue weighted by atomic mass is 9.94. The van der Waals surface area contributed by atoms with E-state index >= 15 is 0 Å². The molecule has 0 aliphatic heterocycles. The molecule has 17 heavy (non-hydrogen) atoms. The van der Waals surface area contributed by atoms with Crippen molar-refractivity contribution in [1.29, 1.82) is 0 Å². The molecular weight excluding hydrogens is 224 g/mol. The summed E-state index contributed by atoms with van der Waals surface area (Å²) in [5, 5.41) is 2.51. The molecule has 0 saturated carbocycles. The lowest BCUT2D eigenvalue weighted by molar-refractivity contribution is -0.00413. The third-order valence-corrected chi connectivity index (χ3v) is 2.96. The van der Waals surface area contributed by atoms with Crippen LogP contribution in [0.1, 0.15) is 22.3 Å². The number of hydrogen-bond acceptors (Lipinski definition) is 2. The zero-order valence-electron chi connectivity index (χ0n) is 10.9. The Kier molecular flexibility index (Phi) is 4.09. The molecule has 0 fully saturated rings. The topological polar surface area (TPSA) is 21.3 Å². The number of methoxy groups -OCH3 is 1. The third kappa shape index (κ3) is 2.57. The molecule has 0 aliphatic carbocycles. The summed E-state index contributed by atoms with van der Waals surface area (Å²) >= 11 is 0. The van der Waals surface area contributed by atoms with Gasteiger partial charge in [-0.2, -0.15) is 8.78 Å². The third-order valence-electron chi connectivity index (χ3n) is 2.96. The smallest absolute Gasteiger partial charge is 0.289 e.